The summed E-state index contributed by atoms with van der Waals surface area (Å²) in [5, 5.41) is 1.20. The summed E-state index contributed by atoms with van der Waals surface area (Å²) >= 11 is 3.07. The molecule has 3 heterocycles. The number of carbonyl (C=O) groups is 1. The SMILES string of the molecule is CCN1CCN(C(=O)C(C)Sc2nc3sc4c(c3c(=O)n2C)CCCC4)CC1. The van der Waals surface area contributed by atoms with E-state index in [9.17, 15) is 9.59 Å². The quantitative estimate of drug-likeness (QED) is 0.562. The Morgan fingerprint density at radius 3 is 2.64 bits per heavy atom. The van der Waals surface area contributed by atoms with Gasteiger partial charge in [-0.25, -0.2) is 4.98 Å². The molecule has 152 valence electrons. The van der Waals surface area contributed by atoms with Crippen LogP contribution < -0.4 is 5.56 Å². The molecule has 1 atom stereocenters. The van der Waals surface area contributed by atoms with Crippen molar-refractivity contribution in [2.75, 3.05) is 32.7 Å². The summed E-state index contributed by atoms with van der Waals surface area (Å²) in [7, 11) is 1.78. The maximum Gasteiger partial charge on any atom is 0.262 e. The molecule has 1 fully saturated rings. The molecule has 8 heteroatoms. The Kier molecular flexibility index (Phi) is 5.81. The molecule has 1 amide bonds. The van der Waals surface area contributed by atoms with Crippen LogP contribution in [0.25, 0.3) is 10.2 Å². The zero-order valence-corrected chi connectivity index (χ0v) is 18.5. The first-order chi connectivity index (χ1) is 13.5. The van der Waals surface area contributed by atoms with E-state index in [2.05, 4.69) is 11.8 Å². The summed E-state index contributed by atoms with van der Waals surface area (Å²) < 4.78 is 1.63. The Hall–Kier alpha value is -1.38. The Morgan fingerprint density at radius 2 is 1.93 bits per heavy atom. The van der Waals surface area contributed by atoms with Gasteiger partial charge >= 0.3 is 0 Å². The first-order valence-corrected chi connectivity index (χ1v) is 11.9. The van der Waals surface area contributed by atoms with Crippen molar-refractivity contribution in [1.82, 2.24) is 19.4 Å². The van der Waals surface area contributed by atoms with E-state index in [4.69, 9.17) is 4.98 Å². The molecule has 2 aliphatic rings. The van der Waals surface area contributed by atoms with E-state index in [0.717, 1.165) is 62.2 Å². The average molecular weight is 421 g/mol. The summed E-state index contributed by atoms with van der Waals surface area (Å²) in [6.45, 7) is 8.53. The molecule has 4 rings (SSSR count). The van der Waals surface area contributed by atoms with E-state index in [1.165, 1.54) is 28.6 Å². The molecule has 0 N–H and O–H groups in total. The molecule has 28 heavy (non-hydrogen) atoms. The number of hydrogen-bond donors (Lipinski definition) is 0. The Bertz CT molecular complexity index is 944. The highest BCUT2D eigenvalue weighted by molar-refractivity contribution is 8.00. The van der Waals surface area contributed by atoms with Gasteiger partial charge < -0.3 is 9.80 Å². The van der Waals surface area contributed by atoms with Crippen molar-refractivity contribution in [3.8, 4) is 0 Å². The molecule has 0 aromatic carbocycles. The van der Waals surface area contributed by atoms with Crippen LogP contribution in [0.15, 0.2) is 9.95 Å². The highest BCUT2D eigenvalue weighted by Gasteiger charge is 2.27. The minimum Gasteiger partial charge on any atom is -0.339 e. The third-order valence-corrected chi connectivity index (χ3v) is 8.23. The third kappa shape index (κ3) is 3.62. The van der Waals surface area contributed by atoms with Gasteiger partial charge in [-0.15, -0.1) is 11.3 Å². The first-order valence-electron chi connectivity index (χ1n) is 10.2. The zero-order chi connectivity index (χ0) is 19.8. The van der Waals surface area contributed by atoms with Crippen molar-refractivity contribution in [2.45, 2.75) is 49.9 Å². The molecule has 0 spiro atoms. The lowest BCUT2D eigenvalue weighted by Gasteiger charge is -2.35. The molecule has 0 saturated carbocycles. The molecule has 1 saturated heterocycles. The van der Waals surface area contributed by atoms with E-state index in [0.29, 0.717) is 5.16 Å². The van der Waals surface area contributed by atoms with Gasteiger partial charge in [0.15, 0.2) is 5.16 Å². The number of hydrogen-bond acceptors (Lipinski definition) is 6. The van der Waals surface area contributed by atoms with E-state index < -0.39 is 0 Å². The fraction of sp³-hybridized carbons (Fsp3) is 0.650. The highest BCUT2D eigenvalue weighted by atomic mass is 32.2. The fourth-order valence-electron chi connectivity index (χ4n) is 4.12. The first kappa shape index (κ1) is 19.9. The number of piperazine rings is 1. The van der Waals surface area contributed by atoms with Gasteiger partial charge in [0.25, 0.3) is 5.56 Å². The normalized spacial score (nSPS) is 19.0. The molecule has 1 aliphatic carbocycles. The Labute approximate surface area is 173 Å². The van der Waals surface area contributed by atoms with Gasteiger partial charge in [0, 0.05) is 38.1 Å². The van der Waals surface area contributed by atoms with Crippen LogP contribution in [-0.4, -0.2) is 63.2 Å². The largest absolute Gasteiger partial charge is 0.339 e. The lowest BCUT2D eigenvalue weighted by Crippen LogP contribution is -2.50. The van der Waals surface area contributed by atoms with Gasteiger partial charge in [0.2, 0.25) is 5.91 Å². The number of fused-ring (bicyclic) bond motifs is 3. The maximum absolute atomic E-state index is 13.0. The molecular weight excluding hydrogens is 392 g/mol. The maximum atomic E-state index is 13.0. The number of likely N-dealkylation sites (N-methyl/N-ethyl adjacent to an activating group) is 1. The molecule has 1 unspecified atom stereocenters. The lowest BCUT2D eigenvalue weighted by atomic mass is 9.97. The van der Waals surface area contributed by atoms with Crippen LogP contribution >= 0.6 is 23.1 Å². The van der Waals surface area contributed by atoms with Gasteiger partial charge in [-0.05, 0) is 44.7 Å². The van der Waals surface area contributed by atoms with Gasteiger partial charge in [-0.3, -0.25) is 14.2 Å². The summed E-state index contributed by atoms with van der Waals surface area (Å²) in [6.07, 6.45) is 4.38. The second kappa shape index (κ2) is 8.16. The van der Waals surface area contributed by atoms with Crippen molar-refractivity contribution in [1.29, 1.82) is 0 Å². The van der Waals surface area contributed by atoms with Crippen molar-refractivity contribution >= 4 is 39.2 Å². The summed E-state index contributed by atoms with van der Waals surface area (Å²) in [5.74, 6) is 0.139. The zero-order valence-electron chi connectivity index (χ0n) is 16.9. The summed E-state index contributed by atoms with van der Waals surface area (Å²) in [4.78, 5) is 37.2. The van der Waals surface area contributed by atoms with E-state index in [1.807, 2.05) is 11.8 Å². The predicted octanol–water partition coefficient (Wildman–Crippen LogP) is 2.52. The van der Waals surface area contributed by atoms with Gasteiger partial charge in [0.1, 0.15) is 4.83 Å². The number of rotatable bonds is 4. The molecular formula is C20H28N4O2S2. The number of amides is 1. The second-order valence-corrected chi connectivity index (χ2v) is 10.1. The smallest absolute Gasteiger partial charge is 0.262 e. The number of aryl methyl sites for hydroxylation is 2. The Morgan fingerprint density at radius 1 is 1.21 bits per heavy atom. The average Bonchev–Trinajstić information content (AvgIpc) is 3.09. The lowest BCUT2D eigenvalue weighted by molar-refractivity contribution is -0.132. The van der Waals surface area contributed by atoms with Crippen molar-refractivity contribution in [2.24, 2.45) is 7.05 Å². The second-order valence-electron chi connectivity index (χ2n) is 7.67. The molecule has 2 aromatic heterocycles. The van der Waals surface area contributed by atoms with Crippen LogP contribution in [0.4, 0.5) is 0 Å². The van der Waals surface area contributed by atoms with Crippen LogP contribution in [0, 0.1) is 0 Å². The van der Waals surface area contributed by atoms with Gasteiger partial charge in [-0.2, -0.15) is 0 Å². The van der Waals surface area contributed by atoms with Crippen molar-refractivity contribution < 1.29 is 4.79 Å². The molecule has 0 bridgehead atoms. The summed E-state index contributed by atoms with van der Waals surface area (Å²) in [6, 6.07) is 0. The standard InChI is InChI=1S/C20H28N4O2S2/c1-4-23-9-11-24(12-10-23)18(25)13(2)27-20-21-17-16(19(26)22(20)3)14-7-5-6-8-15(14)28-17/h13H,4-12H2,1-3H3. The van der Waals surface area contributed by atoms with Crippen LogP contribution in [0.5, 0.6) is 0 Å². The Balaban J connectivity index is 1.55. The predicted molar refractivity (Wildman–Crippen MR) is 116 cm³/mol. The van der Waals surface area contributed by atoms with Gasteiger partial charge in [-0.1, -0.05) is 18.7 Å². The van der Waals surface area contributed by atoms with E-state index in [-0.39, 0.29) is 16.7 Å². The number of thioether (sulfide) groups is 1. The van der Waals surface area contributed by atoms with E-state index in [1.54, 1.807) is 23.0 Å². The number of thiophene rings is 1. The number of carbonyl (C=O) groups excluding carboxylic acids is 1. The van der Waals surface area contributed by atoms with Crippen LogP contribution in [0.2, 0.25) is 0 Å². The van der Waals surface area contributed by atoms with Gasteiger partial charge in [0.05, 0.1) is 10.6 Å². The van der Waals surface area contributed by atoms with Crippen molar-refractivity contribution in [3.05, 3.63) is 20.8 Å². The number of nitrogens with zero attached hydrogens (tertiary/aromatic N) is 4. The molecule has 6 nitrogen and oxygen atoms in total. The molecule has 2 aromatic rings. The van der Waals surface area contributed by atoms with E-state index >= 15 is 0 Å². The minimum absolute atomic E-state index is 0.0307. The third-order valence-electron chi connectivity index (χ3n) is 5.92. The summed E-state index contributed by atoms with van der Waals surface area (Å²) in [5.41, 5.74) is 1.25. The topological polar surface area (TPSA) is 58.4 Å². The van der Waals surface area contributed by atoms with Crippen LogP contribution in [0.3, 0.4) is 0 Å². The highest BCUT2D eigenvalue weighted by Crippen LogP contribution is 2.35. The van der Waals surface area contributed by atoms with Crippen LogP contribution in [0.1, 0.15) is 37.1 Å². The van der Waals surface area contributed by atoms with Crippen LogP contribution in [-0.2, 0) is 24.7 Å². The fourth-order valence-corrected chi connectivity index (χ4v) is 6.38. The monoisotopic (exact) mass is 420 g/mol. The van der Waals surface area contributed by atoms with Crippen molar-refractivity contribution in [3.63, 3.8) is 0 Å². The molecule has 0 radical (unpaired) electrons. The number of aromatic nitrogens is 2. The minimum atomic E-state index is -0.252. The molecule has 1 aliphatic heterocycles.